The molecule has 2 N–H and O–H groups in total. The third kappa shape index (κ3) is 5.77. The monoisotopic (exact) mass is 428 g/mol. The topological polar surface area (TPSA) is 67.2 Å². The summed E-state index contributed by atoms with van der Waals surface area (Å²) in [6.07, 6.45) is 1.69. The Balaban J connectivity index is 1.39. The summed E-state index contributed by atoms with van der Waals surface area (Å²) in [5.74, 6) is -0.995. The van der Waals surface area contributed by atoms with Crippen LogP contribution in [0.2, 0.25) is 0 Å². The molecule has 1 unspecified atom stereocenters. The Morgan fingerprint density at radius 1 is 1.10 bits per heavy atom. The van der Waals surface area contributed by atoms with Crippen LogP contribution in [0.25, 0.3) is 5.69 Å². The van der Waals surface area contributed by atoms with E-state index < -0.39 is 11.6 Å². The molecule has 0 aliphatic carbocycles. The molecule has 31 heavy (non-hydrogen) atoms. The molecule has 0 radical (unpaired) electrons. The molecule has 0 spiro atoms. The second-order valence-corrected chi connectivity index (χ2v) is 7.76. The number of halogens is 2. The Morgan fingerprint density at radius 3 is 2.65 bits per heavy atom. The number of nitrogens with zero attached hydrogens (tertiary/aromatic N) is 4. The molecular weight excluding hydrogens is 402 g/mol. The summed E-state index contributed by atoms with van der Waals surface area (Å²) in [4.78, 5) is 6.58. The largest absolute Gasteiger partial charge is 0.384 e. The number of aryl methyl sites for hydroxylation is 1. The van der Waals surface area contributed by atoms with E-state index >= 15 is 0 Å². The van der Waals surface area contributed by atoms with Crippen LogP contribution in [0, 0.1) is 18.6 Å². The molecule has 1 fully saturated rings. The quantitative estimate of drug-likeness (QED) is 0.598. The summed E-state index contributed by atoms with van der Waals surface area (Å²) in [6, 6.07) is 9.26. The number of hydrogen-bond donors (Lipinski definition) is 2. The van der Waals surface area contributed by atoms with Crippen LogP contribution in [0.15, 0.2) is 42.7 Å². The Labute approximate surface area is 180 Å². The van der Waals surface area contributed by atoms with Gasteiger partial charge in [0.05, 0.1) is 18.4 Å². The predicted molar refractivity (Wildman–Crippen MR) is 116 cm³/mol. The molecule has 1 aliphatic heterocycles. The maximum atomic E-state index is 13.5. The van der Waals surface area contributed by atoms with Gasteiger partial charge in [-0.1, -0.05) is 0 Å². The standard InChI is InChI=1S/C22H26F2N6O/c1-15-7-19(25-3-4-29-5-6-31-16(2)13-29)12-20(8-15)27-22-26-14-30(28-22)21-10-17(23)9-18(24)11-21/h7-12,14,16,25H,3-6,13H2,1-2H3,(H,27,28). The molecule has 7 nitrogen and oxygen atoms in total. The number of aromatic nitrogens is 3. The van der Waals surface area contributed by atoms with Crippen LogP contribution in [-0.4, -0.2) is 58.6 Å². The first kappa shape index (κ1) is 21.2. The zero-order valence-corrected chi connectivity index (χ0v) is 17.6. The fraction of sp³-hybridized carbons (Fsp3) is 0.364. The van der Waals surface area contributed by atoms with Gasteiger partial charge in [-0.15, -0.1) is 5.10 Å². The molecule has 0 bridgehead atoms. The molecule has 2 aromatic carbocycles. The number of anilines is 3. The van der Waals surface area contributed by atoms with Gasteiger partial charge in [-0.25, -0.2) is 13.5 Å². The van der Waals surface area contributed by atoms with E-state index in [1.807, 2.05) is 19.1 Å². The van der Waals surface area contributed by atoms with Crippen molar-refractivity contribution in [1.82, 2.24) is 19.7 Å². The van der Waals surface area contributed by atoms with Crippen LogP contribution < -0.4 is 10.6 Å². The average Bonchev–Trinajstić information content (AvgIpc) is 3.15. The van der Waals surface area contributed by atoms with Gasteiger partial charge in [-0.2, -0.15) is 4.98 Å². The van der Waals surface area contributed by atoms with Crippen LogP contribution >= 0.6 is 0 Å². The van der Waals surface area contributed by atoms with Gasteiger partial charge in [0.2, 0.25) is 5.95 Å². The fourth-order valence-electron chi connectivity index (χ4n) is 3.65. The predicted octanol–water partition coefficient (Wildman–Crippen LogP) is 3.73. The van der Waals surface area contributed by atoms with Crippen molar-refractivity contribution in [2.45, 2.75) is 20.0 Å². The first-order valence-electron chi connectivity index (χ1n) is 10.3. The molecule has 0 amide bonds. The van der Waals surface area contributed by atoms with Gasteiger partial charge in [0.15, 0.2) is 0 Å². The van der Waals surface area contributed by atoms with E-state index in [-0.39, 0.29) is 11.8 Å². The van der Waals surface area contributed by atoms with Crippen molar-refractivity contribution < 1.29 is 13.5 Å². The number of hydrogen-bond acceptors (Lipinski definition) is 6. The Kier molecular flexibility index (Phi) is 6.43. The zero-order chi connectivity index (χ0) is 21.8. The number of ether oxygens (including phenoxy) is 1. The van der Waals surface area contributed by atoms with Crippen molar-refractivity contribution in [1.29, 1.82) is 0 Å². The molecule has 3 aromatic rings. The number of nitrogens with one attached hydrogen (secondary N) is 2. The lowest BCUT2D eigenvalue weighted by Gasteiger charge is -2.31. The van der Waals surface area contributed by atoms with Crippen molar-refractivity contribution in [2.24, 2.45) is 0 Å². The van der Waals surface area contributed by atoms with Crippen molar-refractivity contribution >= 4 is 17.3 Å². The highest BCUT2D eigenvalue weighted by molar-refractivity contribution is 5.63. The van der Waals surface area contributed by atoms with Crippen LogP contribution in [0.5, 0.6) is 0 Å². The van der Waals surface area contributed by atoms with E-state index in [1.165, 1.54) is 23.1 Å². The van der Waals surface area contributed by atoms with Crippen LogP contribution in [-0.2, 0) is 4.74 Å². The lowest BCUT2D eigenvalue weighted by Crippen LogP contribution is -2.43. The molecule has 164 valence electrons. The minimum Gasteiger partial charge on any atom is -0.384 e. The maximum absolute atomic E-state index is 13.5. The van der Waals surface area contributed by atoms with E-state index in [1.54, 1.807) is 0 Å². The minimum atomic E-state index is -0.666. The molecule has 1 aliphatic rings. The summed E-state index contributed by atoms with van der Waals surface area (Å²) in [6.45, 7) is 8.57. The molecule has 0 saturated carbocycles. The number of rotatable bonds is 7. The molecule has 1 atom stereocenters. The zero-order valence-electron chi connectivity index (χ0n) is 17.6. The van der Waals surface area contributed by atoms with Crippen molar-refractivity contribution in [3.63, 3.8) is 0 Å². The lowest BCUT2D eigenvalue weighted by atomic mass is 10.2. The second kappa shape index (κ2) is 9.40. The lowest BCUT2D eigenvalue weighted by molar-refractivity contribution is -0.0166. The normalized spacial score (nSPS) is 17.0. The molecule has 1 aromatic heterocycles. The number of morpholine rings is 1. The smallest absolute Gasteiger partial charge is 0.246 e. The summed E-state index contributed by atoms with van der Waals surface area (Å²) in [5.41, 5.74) is 3.17. The van der Waals surface area contributed by atoms with E-state index in [4.69, 9.17) is 4.74 Å². The Hall–Kier alpha value is -3.04. The van der Waals surface area contributed by atoms with Gasteiger partial charge in [0, 0.05) is 43.6 Å². The van der Waals surface area contributed by atoms with Crippen LogP contribution in [0.4, 0.5) is 26.1 Å². The van der Waals surface area contributed by atoms with Gasteiger partial charge < -0.3 is 15.4 Å². The molecular formula is C22H26F2N6O. The average molecular weight is 428 g/mol. The summed E-state index contributed by atoms with van der Waals surface area (Å²) >= 11 is 0. The van der Waals surface area contributed by atoms with E-state index in [0.717, 1.165) is 55.8 Å². The molecule has 2 heterocycles. The molecule has 9 heteroatoms. The van der Waals surface area contributed by atoms with Crippen molar-refractivity contribution in [2.75, 3.05) is 43.4 Å². The van der Waals surface area contributed by atoms with Gasteiger partial charge in [-0.05, 0) is 49.7 Å². The molecule has 4 rings (SSSR count). The third-order valence-corrected chi connectivity index (χ3v) is 5.02. The highest BCUT2D eigenvalue weighted by Crippen LogP contribution is 2.21. The van der Waals surface area contributed by atoms with Gasteiger partial charge >= 0.3 is 0 Å². The van der Waals surface area contributed by atoms with E-state index in [9.17, 15) is 8.78 Å². The van der Waals surface area contributed by atoms with Crippen LogP contribution in [0.3, 0.4) is 0 Å². The fourth-order valence-corrected chi connectivity index (χ4v) is 3.65. The van der Waals surface area contributed by atoms with Crippen molar-refractivity contribution in [3.8, 4) is 5.69 Å². The Morgan fingerprint density at radius 2 is 1.87 bits per heavy atom. The van der Waals surface area contributed by atoms with Gasteiger partial charge in [0.25, 0.3) is 0 Å². The first-order valence-corrected chi connectivity index (χ1v) is 10.3. The Bertz CT molecular complexity index is 1020. The maximum Gasteiger partial charge on any atom is 0.246 e. The van der Waals surface area contributed by atoms with Gasteiger partial charge in [-0.3, -0.25) is 4.90 Å². The third-order valence-electron chi connectivity index (χ3n) is 5.02. The second-order valence-electron chi connectivity index (χ2n) is 7.76. The highest BCUT2D eigenvalue weighted by atomic mass is 19.1. The molecule has 1 saturated heterocycles. The first-order chi connectivity index (χ1) is 14.9. The van der Waals surface area contributed by atoms with E-state index in [2.05, 4.69) is 38.6 Å². The summed E-state index contributed by atoms with van der Waals surface area (Å²) in [7, 11) is 0. The van der Waals surface area contributed by atoms with Crippen LogP contribution in [0.1, 0.15) is 12.5 Å². The SMILES string of the molecule is Cc1cc(NCCN2CCOC(C)C2)cc(Nc2ncn(-c3cc(F)cc(F)c3)n2)c1. The minimum absolute atomic E-state index is 0.266. The number of benzene rings is 2. The summed E-state index contributed by atoms with van der Waals surface area (Å²) < 4.78 is 33.8. The van der Waals surface area contributed by atoms with Gasteiger partial charge in [0.1, 0.15) is 18.0 Å². The highest BCUT2D eigenvalue weighted by Gasteiger charge is 2.15. The van der Waals surface area contributed by atoms with E-state index in [0.29, 0.717) is 5.95 Å². The summed E-state index contributed by atoms with van der Waals surface area (Å²) in [5, 5.41) is 10.9. The van der Waals surface area contributed by atoms with Crippen molar-refractivity contribution in [3.05, 3.63) is 59.9 Å².